The Morgan fingerprint density at radius 1 is 1.46 bits per heavy atom. The van der Waals surface area contributed by atoms with Gasteiger partial charge in [-0.15, -0.1) is 0 Å². The summed E-state index contributed by atoms with van der Waals surface area (Å²) in [6.07, 6.45) is 0. The molecular weight excluding hydrogens is 204 g/mol. The molecule has 0 aromatic rings. The molecule has 0 radical (unpaired) electrons. The molecule has 2 atom stereocenters. The van der Waals surface area contributed by atoms with Crippen LogP contribution in [0.4, 0.5) is 0 Å². The van der Waals surface area contributed by atoms with E-state index < -0.39 is 26.7 Å². The Labute approximate surface area is 78.0 Å². The Kier molecular flexibility index (Phi) is 3.30. The molecule has 0 aromatic heterocycles. The summed E-state index contributed by atoms with van der Waals surface area (Å²) < 4.78 is 0. The van der Waals surface area contributed by atoms with E-state index >= 15 is 0 Å². The highest BCUT2D eigenvalue weighted by Gasteiger charge is 2.57. The minimum Gasteiger partial charge on any atom is -0.273 e. The lowest BCUT2D eigenvalue weighted by Gasteiger charge is -2.16. The highest BCUT2D eigenvalue weighted by molar-refractivity contribution is 6.65. The maximum absolute atomic E-state index is 10.7. The molecule has 7 nitrogen and oxygen atoms in total. The van der Waals surface area contributed by atoms with Crippen molar-refractivity contribution in [1.29, 1.82) is 0 Å². The van der Waals surface area contributed by atoms with E-state index in [9.17, 15) is 25.0 Å². The van der Waals surface area contributed by atoms with Gasteiger partial charge in [0, 0.05) is 23.7 Å². The molecule has 0 spiro atoms. The van der Waals surface area contributed by atoms with Crippen molar-refractivity contribution in [3.05, 3.63) is 20.2 Å². The van der Waals surface area contributed by atoms with Crippen LogP contribution in [0.15, 0.2) is 0 Å². The van der Waals surface area contributed by atoms with Crippen LogP contribution >= 0.6 is 11.6 Å². The van der Waals surface area contributed by atoms with Gasteiger partial charge in [0.25, 0.3) is 6.04 Å². The molecule has 0 amide bonds. The van der Waals surface area contributed by atoms with Crippen molar-refractivity contribution in [3.8, 4) is 0 Å². The average molecular weight is 211 g/mol. The molecular formula is C5H7ClN2O5. The maximum atomic E-state index is 10.7. The summed E-state index contributed by atoms with van der Waals surface area (Å²) in [6.45, 7) is 1.79. The minimum atomic E-state index is -2.37. The summed E-state index contributed by atoms with van der Waals surface area (Å²) in [5.41, 5.74) is -2.37. The molecule has 74 valence electrons. The zero-order valence-electron chi connectivity index (χ0n) is 6.89. The molecule has 0 bridgehead atoms. The van der Waals surface area contributed by atoms with Crippen LogP contribution in [0.5, 0.6) is 0 Å². The van der Waals surface area contributed by atoms with Crippen LogP contribution in [0, 0.1) is 20.2 Å². The molecule has 0 heterocycles. The smallest absolute Gasteiger partial charge is 0.273 e. The van der Waals surface area contributed by atoms with E-state index in [1.54, 1.807) is 0 Å². The minimum absolute atomic E-state index is 0.829. The molecule has 0 aliphatic rings. The second-order valence-electron chi connectivity index (χ2n) is 2.64. The molecule has 13 heavy (non-hydrogen) atoms. The third-order valence-electron chi connectivity index (χ3n) is 1.91. The van der Waals surface area contributed by atoms with Crippen molar-refractivity contribution in [1.82, 2.24) is 0 Å². The number of hydrogen-bond donors (Lipinski definition) is 0. The van der Waals surface area contributed by atoms with Crippen LogP contribution in [0.3, 0.4) is 0 Å². The standard InChI is InChI=1S/C5H7ClN2O5/c1-3(7(10)11)5(2,4(6)9)8(12)13/h3H,1-2H3. The number of carbonyl (C=O) groups excluding carboxylic acids is 1. The first-order chi connectivity index (χ1) is 5.74. The number of rotatable bonds is 4. The van der Waals surface area contributed by atoms with Crippen LogP contribution in [0.2, 0.25) is 0 Å². The van der Waals surface area contributed by atoms with Crippen molar-refractivity contribution in [2.24, 2.45) is 0 Å². The van der Waals surface area contributed by atoms with Gasteiger partial charge in [0.15, 0.2) is 0 Å². The van der Waals surface area contributed by atoms with E-state index in [0.29, 0.717) is 0 Å². The summed E-state index contributed by atoms with van der Waals surface area (Å²) in [4.78, 5) is 29.4. The molecule has 0 saturated heterocycles. The monoisotopic (exact) mass is 210 g/mol. The van der Waals surface area contributed by atoms with E-state index in [-0.39, 0.29) is 0 Å². The van der Waals surface area contributed by atoms with Crippen molar-refractivity contribution in [2.45, 2.75) is 25.4 Å². The van der Waals surface area contributed by atoms with Gasteiger partial charge in [0.1, 0.15) is 0 Å². The molecule has 0 N–H and O–H groups in total. The summed E-state index contributed by atoms with van der Waals surface area (Å²) in [7, 11) is 0. The fourth-order valence-electron chi connectivity index (χ4n) is 0.594. The molecule has 0 rings (SSSR count). The molecule has 8 heteroatoms. The highest BCUT2D eigenvalue weighted by Crippen LogP contribution is 2.20. The Balaban J connectivity index is 5.13. The zero-order chi connectivity index (χ0) is 10.8. The molecule has 0 aliphatic heterocycles. The van der Waals surface area contributed by atoms with Crippen molar-refractivity contribution >= 4 is 16.8 Å². The number of nitrogens with zero attached hydrogens (tertiary/aromatic N) is 2. The van der Waals surface area contributed by atoms with E-state index in [0.717, 1.165) is 13.8 Å². The second-order valence-corrected chi connectivity index (χ2v) is 2.98. The topological polar surface area (TPSA) is 103 Å². The summed E-state index contributed by atoms with van der Waals surface area (Å²) in [5, 5.41) is 19.3. The van der Waals surface area contributed by atoms with Crippen molar-refractivity contribution < 1.29 is 14.6 Å². The van der Waals surface area contributed by atoms with Gasteiger partial charge in [-0.3, -0.25) is 25.0 Å². The van der Waals surface area contributed by atoms with Gasteiger partial charge in [-0.2, -0.15) is 0 Å². The van der Waals surface area contributed by atoms with E-state index in [1.165, 1.54) is 0 Å². The lowest BCUT2D eigenvalue weighted by atomic mass is 9.97. The maximum Gasteiger partial charge on any atom is 0.356 e. The van der Waals surface area contributed by atoms with E-state index in [1.807, 2.05) is 0 Å². The zero-order valence-corrected chi connectivity index (χ0v) is 7.65. The predicted molar refractivity (Wildman–Crippen MR) is 42.7 cm³/mol. The first kappa shape index (κ1) is 11.8. The largest absolute Gasteiger partial charge is 0.356 e. The number of halogens is 1. The summed E-state index contributed by atoms with van der Waals surface area (Å²) >= 11 is 4.93. The SMILES string of the molecule is CC([N+](=O)[O-])C(C)(C(=O)Cl)[N+](=O)[O-]. The van der Waals surface area contributed by atoms with Gasteiger partial charge >= 0.3 is 10.8 Å². The lowest BCUT2D eigenvalue weighted by molar-refractivity contribution is -0.632. The van der Waals surface area contributed by atoms with Gasteiger partial charge in [-0.1, -0.05) is 0 Å². The predicted octanol–water partition coefficient (Wildman–Crippen LogP) is 0.452. The van der Waals surface area contributed by atoms with Gasteiger partial charge in [0.2, 0.25) is 0 Å². The van der Waals surface area contributed by atoms with Gasteiger partial charge in [0.05, 0.1) is 0 Å². The van der Waals surface area contributed by atoms with Crippen LogP contribution in [0.1, 0.15) is 13.8 Å². The first-order valence-corrected chi connectivity index (χ1v) is 3.60. The van der Waals surface area contributed by atoms with Crippen molar-refractivity contribution in [3.63, 3.8) is 0 Å². The normalized spacial score (nSPS) is 17.2. The van der Waals surface area contributed by atoms with Crippen molar-refractivity contribution in [2.75, 3.05) is 0 Å². The Bertz CT molecular complexity index is 252. The highest BCUT2D eigenvalue weighted by atomic mass is 35.5. The van der Waals surface area contributed by atoms with Gasteiger partial charge in [-0.25, -0.2) is 0 Å². The average Bonchev–Trinajstić information content (AvgIpc) is 2.00. The number of carbonyl (C=O) groups is 1. The van der Waals surface area contributed by atoms with Crippen LogP contribution in [-0.4, -0.2) is 26.7 Å². The molecule has 0 saturated carbocycles. The second kappa shape index (κ2) is 3.65. The van der Waals surface area contributed by atoms with Crippen LogP contribution in [-0.2, 0) is 4.79 Å². The Morgan fingerprint density at radius 3 is 1.92 bits per heavy atom. The summed E-state index contributed by atoms with van der Waals surface area (Å²) in [5.74, 6) is 0. The molecule has 0 aliphatic carbocycles. The van der Waals surface area contributed by atoms with Crippen LogP contribution in [0.25, 0.3) is 0 Å². The molecule has 0 fully saturated rings. The molecule has 0 aromatic carbocycles. The Hall–Kier alpha value is -1.24. The van der Waals surface area contributed by atoms with Crippen LogP contribution < -0.4 is 0 Å². The number of hydrogen-bond acceptors (Lipinski definition) is 5. The number of nitro groups is 2. The molecule has 2 unspecified atom stereocenters. The fourth-order valence-corrected chi connectivity index (χ4v) is 0.821. The van der Waals surface area contributed by atoms with Gasteiger partial charge in [-0.05, 0) is 11.6 Å². The first-order valence-electron chi connectivity index (χ1n) is 3.22. The van der Waals surface area contributed by atoms with E-state index in [4.69, 9.17) is 11.6 Å². The van der Waals surface area contributed by atoms with Gasteiger partial charge < -0.3 is 0 Å². The third kappa shape index (κ3) is 1.92. The third-order valence-corrected chi connectivity index (χ3v) is 2.29. The quantitative estimate of drug-likeness (QED) is 0.381. The summed E-state index contributed by atoms with van der Waals surface area (Å²) in [6, 6.07) is -1.66. The fraction of sp³-hybridized carbons (Fsp3) is 0.800. The Morgan fingerprint density at radius 2 is 1.85 bits per heavy atom. The lowest BCUT2D eigenvalue weighted by Crippen LogP contribution is -2.53. The van der Waals surface area contributed by atoms with E-state index in [2.05, 4.69) is 0 Å².